The van der Waals surface area contributed by atoms with Crippen LogP contribution in [-0.4, -0.2) is 65.1 Å². The largest absolute Gasteiger partial charge is 0.339 e. The Morgan fingerprint density at radius 2 is 1.26 bits per heavy atom. The van der Waals surface area contributed by atoms with Crippen LogP contribution in [0.3, 0.4) is 0 Å². The maximum atomic E-state index is 13.0. The number of hydrogen-bond acceptors (Lipinski definition) is 4. The average molecular weight is 474 g/mol. The van der Waals surface area contributed by atoms with Crippen LogP contribution in [0.15, 0.2) is 78.9 Å². The molecule has 172 valence electrons. The van der Waals surface area contributed by atoms with E-state index in [9.17, 15) is 14.4 Å². The lowest BCUT2D eigenvalue weighted by molar-refractivity contribution is -0.133. The molecule has 2 aliphatic heterocycles. The summed E-state index contributed by atoms with van der Waals surface area (Å²) >= 11 is 6.11. The Hall–Kier alpha value is -3.48. The number of benzene rings is 3. The Bertz CT molecular complexity index is 1190. The first kappa shape index (κ1) is 22.3. The van der Waals surface area contributed by atoms with Gasteiger partial charge in [0.05, 0.1) is 17.2 Å². The summed E-state index contributed by atoms with van der Waals surface area (Å²) < 4.78 is 0. The molecule has 7 heteroatoms. The first-order valence-corrected chi connectivity index (χ1v) is 11.7. The van der Waals surface area contributed by atoms with E-state index in [2.05, 4.69) is 17.0 Å². The van der Waals surface area contributed by atoms with Gasteiger partial charge in [0.1, 0.15) is 6.54 Å². The van der Waals surface area contributed by atoms with Gasteiger partial charge in [-0.1, -0.05) is 66.2 Å². The Balaban J connectivity index is 1.27. The molecular formula is C27H24ClN3O3. The fourth-order valence-electron chi connectivity index (χ4n) is 4.74. The number of nitrogens with zero attached hydrogens (tertiary/aromatic N) is 3. The predicted molar refractivity (Wildman–Crippen MR) is 130 cm³/mol. The van der Waals surface area contributed by atoms with Gasteiger partial charge in [0, 0.05) is 31.2 Å². The van der Waals surface area contributed by atoms with Crippen molar-refractivity contribution in [1.29, 1.82) is 0 Å². The molecule has 0 radical (unpaired) electrons. The molecule has 5 rings (SSSR count). The molecule has 3 aromatic rings. The second kappa shape index (κ2) is 9.41. The summed E-state index contributed by atoms with van der Waals surface area (Å²) in [5.41, 5.74) is 3.04. The average Bonchev–Trinajstić information content (AvgIpc) is 3.11. The fraction of sp³-hybridized carbons (Fsp3) is 0.222. The molecule has 1 saturated heterocycles. The molecular weight excluding hydrogens is 450 g/mol. The van der Waals surface area contributed by atoms with Crippen LogP contribution in [0.4, 0.5) is 0 Å². The van der Waals surface area contributed by atoms with Crippen LogP contribution in [0.5, 0.6) is 0 Å². The predicted octanol–water partition coefficient (Wildman–Crippen LogP) is 3.87. The molecule has 3 amide bonds. The van der Waals surface area contributed by atoms with E-state index in [1.807, 2.05) is 42.5 Å². The van der Waals surface area contributed by atoms with E-state index in [0.717, 1.165) is 10.5 Å². The van der Waals surface area contributed by atoms with Gasteiger partial charge in [-0.25, -0.2) is 0 Å². The lowest BCUT2D eigenvalue weighted by Crippen LogP contribution is -2.52. The van der Waals surface area contributed by atoms with Gasteiger partial charge in [-0.15, -0.1) is 0 Å². The van der Waals surface area contributed by atoms with Gasteiger partial charge in [-0.2, -0.15) is 0 Å². The molecule has 0 bridgehead atoms. The van der Waals surface area contributed by atoms with Gasteiger partial charge < -0.3 is 4.90 Å². The summed E-state index contributed by atoms with van der Waals surface area (Å²) in [6, 6.07) is 24.9. The molecule has 3 aromatic carbocycles. The van der Waals surface area contributed by atoms with Gasteiger partial charge >= 0.3 is 0 Å². The minimum Gasteiger partial charge on any atom is -0.339 e. The van der Waals surface area contributed by atoms with Crippen molar-refractivity contribution >= 4 is 29.3 Å². The van der Waals surface area contributed by atoms with E-state index in [4.69, 9.17) is 11.6 Å². The Kier molecular flexibility index (Phi) is 6.18. The van der Waals surface area contributed by atoms with E-state index < -0.39 is 11.8 Å². The molecule has 0 aromatic heterocycles. The van der Waals surface area contributed by atoms with Crippen LogP contribution >= 0.6 is 11.6 Å². The van der Waals surface area contributed by atoms with Gasteiger partial charge in [-0.3, -0.25) is 24.2 Å². The first-order valence-electron chi connectivity index (χ1n) is 11.3. The van der Waals surface area contributed by atoms with Crippen LogP contribution in [0.25, 0.3) is 0 Å². The van der Waals surface area contributed by atoms with Crippen LogP contribution in [0.2, 0.25) is 5.02 Å². The highest BCUT2D eigenvalue weighted by molar-refractivity contribution is 6.30. The van der Waals surface area contributed by atoms with E-state index >= 15 is 0 Å². The minimum absolute atomic E-state index is 0.0481. The molecule has 34 heavy (non-hydrogen) atoms. The van der Waals surface area contributed by atoms with Crippen molar-refractivity contribution in [2.24, 2.45) is 0 Å². The zero-order valence-corrected chi connectivity index (χ0v) is 19.3. The summed E-state index contributed by atoms with van der Waals surface area (Å²) in [4.78, 5) is 43.4. The van der Waals surface area contributed by atoms with Gasteiger partial charge in [-0.05, 0) is 35.4 Å². The Labute approximate surface area is 203 Å². The fourth-order valence-corrected chi connectivity index (χ4v) is 4.87. The van der Waals surface area contributed by atoms with E-state index in [-0.39, 0.29) is 18.5 Å². The van der Waals surface area contributed by atoms with Gasteiger partial charge in [0.25, 0.3) is 11.8 Å². The topological polar surface area (TPSA) is 60.9 Å². The number of piperazine rings is 1. The van der Waals surface area contributed by atoms with Crippen molar-refractivity contribution < 1.29 is 14.4 Å². The Morgan fingerprint density at radius 3 is 1.85 bits per heavy atom. The standard InChI is InChI=1S/C27H24ClN3O3/c28-21-12-10-20(11-13-21)25(19-6-2-1-3-7-19)30-16-14-29(15-17-30)24(32)18-31-26(33)22-8-4-5-9-23(22)27(31)34/h1-13,25H,14-18H2/t25-/m0/s1. The monoisotopic (exact) mass is 473 g/mol. The lowest BCUT2D eigenvalue weighted by Gasteiger charge is -2.40. The van der Waals surface area contributed by atoms with Crippen LogP contribution in [0.1, 0.15) is 37.9 Å². The number of halogens is 1. The number of imide groups is 1. The highest BCUT2D eigenvalue weighted by atomic mass is 35.5. The highest BCUT2D eigenvalue weighted by Crippen LogP contribution is 2.30. The van der Waals surface area contributed by atoms with E-state index in [1.54, 1.807) is 29.2 Å². The zero-order chi connectivity index (χ0) is 23.7. The van der Waals surface area contributed by atoms with Crippen molar-refractivity contribution in [1.82, 2.24) is 14.7 Å². The molecule has 0 unspecified atom stereocenters. The van der Waals surface area contributed by atoms with Crippen molar-refractivity contribution in [2.45, 2.75) is 6.04 Å². The van der Waals surface area contributed by atoms with Crippen molar-refractivity contribution in [2.75, 3.05) is 32.7 Å². The van der Waals surface area contributed by atoms with Crippen molar-refractivity contribution in [3.05, 3.63) is 106 Å². The number of carbonyl (C=O) groups excluding carboxylic acids is 3. The van der Waals surface area contributed by atoms with E-state index in [1.165, 1.54) is 5.56 Å². The summed E-state index contributed by atoms with van der Waals surface area (Å²) in [5.74, 6) is -1.02. The molecule has 1 fully saturated rings. The number of amides is 3. The highest BCUT2D eigenvalue weighted by Gasteiger charge is 2.37. The number of hydrogen-bond donors (Lipinski definition) is 0. The third-order valence-corrected chi connectivity index (χ3v) is 6.76. The SMILES string of the molecule is O=C(CN1C(=O)c2ccccc2C1=O)N1CCN([C@@H](c2ccccc2)c2ccc(Cl)cc2)CC1. The maximum absolute atomic E-state index is 13.0. The normalized spacial score (nSPS) is 17.1. The van der Waals surface area contributed by atoms with Crippen molar-refractivity contribution in [3.63, 3.8) is 0 Å². The summed E-state index contributed by atoms with van der Waals surface area (Å²) in [7, 11) is 0. The summed E-state index contributed by atoms with van der Waals surface area (Å²) in [5, 5.41) is 0.694. The molecule has 0 aliphatic carbocycles. The van der Waals surface area contributed by atoms with E-state index in [0.29, 0.717) is 42.3 Å². The second-order valence-electron chi connectivity index (χ2n) is 8.52. The molecule has 0 spiro atoms. The summed E-state index contributed by atoms with van der Waals surface area (Å²) in [6.45, 7) is 2.18. The smallest absolute Gasteiger partial charge is 0.262 e. The third kappa shape index (κ3) is 4.22. The third-order valence-electron chi connectivity index (χ3n) is 6.50. The van der Waals surface area contributed by atoms with Crippen LogP contribution < -0.4 is 0 Å². The molecule has 2 heterocycles. The number of rotatable bonds is 5. The number of carbonyl (C=O) groups is 3. The first-order chi connectivity index (χ1) is 16.5. The van der Waals surface area contributed by atoms with Crippen LogP contribution in [0, 0.1) is 0 Å². The van der Waals surface area contributed by atoms with Crippen LogP contribution in [-0.2, 0) is 4.79 Å². The molecule has 0 saturated carbocycles. The molecule has 2 aliphatic rings. The molecule has 6 nitrogen and oxygen atoms in total. The number of fused-ring (bicyclic) bond motifs is 1. The summed E-state index contributed by atoms with van der Waals surface area (Å²) in [6.07, 6.45) is 0. The minimum atomic E-state index is -0.403. The van der Waals surface area contributed by atoms with Gasteiger partial charge in [0.15, 0.2) is 0 Å². The second-order valence-corrected chi connectivity index (χ2v) is 8.96. The van der Waals surface area contributed by atoms with Crippen molar-refractivity contribution in [3.8, 4) is 0 Å². The van der Waals surface area contributed by atoms with Gasteiger partial charge in [0.2, 0.25) is 5.91 Å². The lowest BCUT2D eigenvalue weighted by atomic mass is 9.96. The maximum Gasteiger partial charge on any atom is 0.262 e. The molecule has 1 atom stereocenters. The Morgan fingerprint density at radius 1 is 0.735 bits per heavy atom. The zero-order valence-electron chi connectivity index (χ0n) is 18.6. The quantitative estimate of drug-likeness (QED) is 0.528. The molecule has 0 N–H and O–H groups in total.